The highest BCUT2D eigenvalue weighted by Gasteiger charge is 2.23. The predicted molar refractivity (Wildman–Crippen MR) is 56.9 cm³/mol. The first-order valence-electron chi connectivity index (χ1n) is 4.56. The smallest absolute Gasteiger partial charge is 0.339 e. The zero-order valence-corrected chi connectivity index (χ0v) is 8.95. The first kappa shape index (κ1) is 12.1. The largest absolute Gasteiger partial charge is 0.478 e. The number of rotatable bonds is 3. The van der Waals surface area contributed by atoms with Crippen molar-refractivity contribution in [3.8, 4) is 18.1 Å². The number of benzene rings is 1. The summed E-state index contributed by atoms with van der Waals surface area (Å²) in [5.41, 5.74) is -1.31. The number of para-hydroxylation sites is 1. The van der Waals surface area contributed by atoms with E-state index >= 15 is 0 Å². The Morgan fingerprint density at radius 3 is 2.69 bits per heavy atom. The van der Waals surface area contributed by atoms with Crippen LogP contribution in [0.3, 0.4) is 0 Å². The molecule has 1 aromatic rings. The number of aromatic carboxylic acids is 1. The summed E-state index contributed by atoms with van der Waals surface area (Å²) in [6.45, 7) is 3.09. The standard InChI is InChI=1S/C12H11FO3/c1-4-12(2,3)16-10-8(11(14)15)6-5-7-9(10)13/h1,5-7H,2-3H3,(H,14,15). The lowest BCUT2D eigenvalue weighted by molar-refractivity contribution is 0.0684. The minimum Gasteiger partial charge on any atom is -0.478 e. The summed E-state index contributed by atoms with van der Waals surface area (Å²) in [6.07, 6.45) is 5.19. The zero-order chi connectivity index (χ0) is 12.3. The Hall–Kier alpha value is -2.02. The van der Waals surface area contributed by atoms with Crippen LogP contribution in [0, 0.1) is 18.2 Å². The molecule has 3 nitrogen and oxygen atoms in total. The van der Waals surface area contributed by atoms with E-state index in [1.807, 2.05) is 0 Å². The maximum atomic E-state index is 13.4. The molecule has 4 heteroatoms. The second-order valence-corrected chi connectivity index (χ2v) is 3.68. The fourth-order valence-corrected chi connectivity index (χ4v) is 1.07. The van der Waals surface area contributed by atoms with E-state index in [9.17, 15) is 9.18 Å². The number of carbonyl (C=O) groups is 1. The SMILES string of the molecule is C#CC(C)(C)Oc1c(F)cccc1C(=O)O. The molecule has 0 radical (unpaired) electrons. The van der Waals surface area contributed by atoms with Crippen molar-refractivity contribution in [2.24, 2.45) is 0 Å². The van der Waals surface area contributed by atoms with Gasteiger partial charge in [-0.05, 0) is 26.0 Å². The zero-order valence-electron chi connectivity index (χ0n) is 8.95. The lowest BCUT2D eigenvalue weighted by Gasteiger charge is -2.21. The minimum absolute atomic E-state index is 0.247. The Morgan fingerprint density at radius 2 is 2.19 bits per heavy atom. The molecule has 1 rings (SSSR count). The molecule has 0 aromatic heterocycles. The van der Waals surface area contributed by atoms with Gasteiger partial charge in [0.25, 0.3) is 0 Å². The quantitative estimate of drug-likeness (QED) is 0.798. The second-order valence-electron chi connectivity index (χ2n) is 3.68. The molecular weight excluding hydrogens is 211 g/mol. The average molecular weight is 222 g/mol. The van der Waals surface area contributed by atoms with Crippen LogP contribution >= 0.6 is 0 Å². The van der Waals surface area contributed by atoms with Gasteiger partial charge < -0.3 is 9.84 Å². The van der Waals surface area contributed by atoms with Gasteiger partial charge in [0.15, 0.2) is 17.2 Å². The van der Waals surface area contributed by atoms with Gasteiger partial charge in [0.2, 0.25) is 0 Å². The Bertz CT molecular complexity index is 458. The van der Waals surface area contributed by atoms with E-state index in [4.69, 9.17) is 16.3 Å². The predicted octanol–water partition coefficient (Wildman–Crippen LogP) is 2.31. The van der Waals surface area contributed by atoms with Gasteiger partial charge >= 0.3 is 5.97 Å². The molecule has 1 N–H and O–H groups in total. The Kier molecular flexibility index (Phi) is 3.19. The highest BCUT2D eigenvalue weighted by atomic mass is 19.1. The maximum absolute atomic E-state index is 13.4. The van der Waals surface area contributed by atoms with Gasteiger partial charge in [-0.1, -0.05) is 12.0 Å². The molecule has 1 aromatic carbocycles. The molecule has 0 aliphatic heterocycles. The third-order valence-corrected chi connectivity index (χ3v) is 1.90. The Labute approximate surface area is 92.9 Å². The van der Waals surface area contributed by atoms with E-state index < -0.39 is 17.4 Å². The van der Waals surface area contributed by atoms with Crippen molar-refractivity contribution in [1.29, 1.82) is 0 Å². The van der Waals surface area contributed by atoms with Gasteiger partial charge in [-0.2, -0.15) is 0 Å². The molecule has 0 unspecified atom stereocenters. The van der Waals surface area contributed by atoms with Gasteiger partial charge in [0, 0.05) is 0 Å². The molecule has 0 heterocycles. The van der Waals surface area contributed by atoms with Crippen LogP contribution in [0.25, 0.3) is 0 Å². The van der Waals surface area contributed by atoms with Crippen molar-refractivity contribution in [3.05, 3.63) is 29.6 Å². The van der Waals surface area contributed by atoms with E-state index in [1.54, 1.807) is 13.8 Å². The van der Waals surface area contributed by atoms with Gasteiger partial charge in [-0.25, -0.2) is 9.18 Å². The van der Waals surface area contributed by atoms with Crippen LogP contribution in [0.1, 0.15) is 24.2 Å². The fourth-order valence-electron chi connectivity index (χ4n) is 1.07. The van der Waals surface area contributed by atoms with E-state index in [1.165, 1.54) is 12.1 Å². The lowest BCUT2D eigenvalue weighted by atomic mass is 10.1. The monoisotopic (exact) mass is 222 g/mol. The van der Waals surface area contributed by atoms with Crippen LogP contribution in [-0.4, -0.2) is 16.7 Å². The molecule has 84 valence electrons. The molecule has 0 saturated heterocycles. The summed E-state index contributed by atoms with van der Waals surface area (Å²) in [4.78, 5) is 10.8. The van der Waals surface area contributed by atoms with Crippen LogP contribution < -0.4 is 4.74 Å². The third kappa shape index (κ3) is 2.51. The van der Waals surface area contributed by atoms with Crippen molar-refractivity contribution in [1.82, 2.24) is 0 Å². The normalized spacial score (nSPS) is 10.6. The first-order valence-corrected chi connectivity index (χ1v) is 4.56. The highest BCUT2D eigenvalue weighted by molar-refractivity contribution is 5.90. The first-order chi connectivity index (χ1) is 7.37. The number of hydrogen-bond donors (Lipinski definition) is 1. The summed E-state index contributed by atoms with van der Waals surface area (Å²) in [5.74, 6) is -0.0426. The number of carboxylic acid groups (broad SMARTS) is 1. The number of halogens is 1. The number of terminal acetylenes is 1. The van der Waals surface area contributed by atoms with E-state index in [0.717, 1.165) is 6.07 Å². The van der Waals surface area contributed by atoms with Gasteiger partial charge in [-0.3, -0.25) is 0 Å². The summed E-state index contributed by atoms with van der Waals surface area (Å²) >= 11 is 0. The lowest BCUT2D eigenvalue weighted by Crippen LogP contribution is -2.27. The van der Waals surface area contributed by atoms with Crippen molar-refractivity contribution < 1.29 is 19.0 Å². The van der Waals surface area contributed by atoms with Crippen molar-refractivity contribution in [2.45, 2.75) is 19.4 Å². The molecule has 0 atom stereocenters. The molecule has 0 amide bonds. The van der Waals surface area contributed by atoms with Gasteiger partial charge in [0.1, 0.15) is 5.56 Å². The molecule has 0 spiro atoms. The summed E-state index contributed by atoms with van der Waals surface area (Å²) in [6, 6.07) is 3.68. The van der Waals surface area contributed by atoms with Crippen molar-refractivity contribution >= 4 is 5.97 Å². The highest BCUT2D eigenvalue weighted by Crippen LogP contribution is 2.26. The summed E-state index contributed by atoms with van der Waals surface area (Å²) in [7, 11) is 0. The molecule has 16 heavy (non-hydrogen) atoms. The van der Waals surface area contributed by atoms with Crippen LogP contribution in [0.2, 0.25) is 0 Å². The van der Waals surface area contributed by atoms with E-state index in [0.29, 0.717) is 0 Å². The van der Waals surface area contributed by atoms with E-state index in [-0.39, 0.29) is 11.3 Å². The minimum atomic E-state index is -1.26. The maximum Gasteiger partial charge on any atom is 0.339 e. The average Bonchev–Trinajstić information content (AvgIpc) is 2.20. The third-order valence-electron chi connectivity index (χ3n) is 1.90. The summed E-state index contributed by atoms with van der Waals surface area (Å²) in [5, 5.41) is 8.86. The molecule has 0 bridgehead atoms. The number of carboxylic acids is 1. The van der Waals surface area contributed by atoms with E-state index in [2.05, 4.69) is 5.92 Å². The fraction of sp³-hybridized carbons (Fsp3) is 0.250. The summed E-state index contributed by atoms with van der Waals surface area (Å²) < 4.78 is 18.6. The number of ether oxygens (including phenoxy) is 1. The molecule has 0 aliphatic carbocycles. The second kappa shape index (κ2) is 4.23. The van der Waals surface area contributed by atoms with Gasteiger partial charge in [0.05, 0.1) is 0 Å². The topological polar surface area (TPSA) is 46.5 Å². The molecule has 0 aliphatic rings. The number of hydrogen-bond acceptors (Lipinski definition) is 2. The van der Waals surface area contributed by atoms with Crippen LogP contribution in [0.4, 0.5) is 4.39 Å². The van der Waals surface area contributed by atoms with Crippen LogP contribution in [-0.2, 0) is 0 Å². The molecule has 0 fully saturated rings. The molecular formula is C12H11FO3. The Balaban J connectivity index is 3.23. The van der Waals surface area contributed by atoms with Crippen molar-refractivity contribution in [2.75, 3.05) is 0 Å². The van der Waals surface area contributed by atoms with Crippen LogP contribution in [0.15, 0.2) is 18.2 Å². The van der Waals surface area contributed by atoms with Gasteiger partial charge in [-0.15, -0.1) is 6.42 Å². The molecule has 0 saturated carbocycles. The van der Waals surface area contributed by atoms with Crippen LogP contribution in [0.5, 0.6) is 5.75 Å². The van der Waals surface area contributed by atoms with Crippen molar-refractivity contribution in [3.63, 3.8) is 0 Å². The Morgan fingerprint density at radius 1 is 1.56 bits per heavy atom.